The van der Waals surface area contributed by atoms with E-state index in [9.17, 15) is 13.2 Å². The zero-order valence-electron chi connectivity index (χ0n) is 10.9. The SMILES string of the molecule is Cc1nc(OCC(F)(F)F)c2c3c(sc2n1)CCCC3. The molecule has 0 radical (unpaired) electrons. The lowest BCUT2D eigenvalue weighted by molar-refractivity contribution is -0.153. The molecule has 0 fully saturated rings. The first-order valence-corrected chi connectivity index (χ1v) is 7.24. The van der Waals surface area contributed by atoms with Crippen LogP contribution in [0.2, 0.25) is 0 Å². The van der Waals surface area contributed by atoms with Crippen LogP contribution in [0.15, 0.2) is 0 Å². The molecule has 3 nitrogen and oxygen atoms in total. The van der Waals surface area contributed by atoms with Gasteiger partial charge in [-0.25, -0.2) is 4.98 Å². The Morgan fingerprint density at radius 3 is 2.70 bits per heavy atom. The highest BCUT2D eigenvalue weighted by Crippen LogP contribution is 2.39. The Labute approximate surface area is 117 Å². The van der Waals surface area contributed by atoms with Crippen LogP contribution in [0.25, 0.3) is 10.2 Å². The van der Waals surface area contributed by atoms with Crippen LogP contribution in [0.1, 0.15) is 29.1 Å². The van der Waals surface area contributed by atoms with Gasteiger partial charge in [-0.1, -0.05) is 0 Å². The van der Waals surface area contributed by atoms with E-state index in [2.05, 4.69) is 9.97 Å². The van der Waals surface area contributed by atoms with Gasteiger partial charge in [0.1, 0.15) is 10.7 Å². The summed E-state index contributed by atoms with van der Waals surface area (Å²) in [7, 11) is 0. The van der Waals surface area contributed by atoms with Crippen LogP contribution in [0.5, 0.6) is 5.88 Å². The van der Waals surface area contributed by atoms with Crippen molar-refractivity contribution in [2.24, 2.45) is 0 Å². The average molecular weight is 302 g/mol. The molecule has 20 heavy (non-hydrogen) atoms. The molecule has 108 valence electrons. The van der Waals surface area contributed by atoms with E-state index in [0.29, 0.717) is 11.2 Å². The Bertz CT molecular complexity index is 651. The van der Waals surface area contributed by atoms with E-state index in [-0.39, 0.29) is 5.88 Å². The topological polar surface area (TPSA) is 35.0 Å². The third kappa shape index (κ3) is 2.59. The van der Waals surface area contributed by atoms with Crippen LogP contribution in [0.3, 0.4) is 0 Å². The lowest BCUT2D eigenvalue weighted by Gasteiger charge is -2.13. The summed E-state index contributed by atoms with van der Waals surface area (Å²) in [6, 6.07) is 0. The number of ether oxygens (including phenoxy) is 1. The maximum atomic E-state index is 12.3. The predicted octanol–water partition coefficient (Wildman–Crippen LogP) is 3.82. The molecular weight excluding hydrogens is 289 g/mol. The summed E-state index contributed by atoms with van der Waals surface area (Å²) in [6.45, 7) is 0.349. The minimum absolute atomic E-state index is 0.0734. The predicted molar refractivity (Wildman–Crippen MR) is 70.3 cm³/mol. The van der Waals surface area contributed by atoms with Gasteiger partial charge in [-0.05, 0) is 38.2 Å². The zero-order chi connectivity index (χ0) is 14.3. The summed E-state index contributed by atoms with van der Waals surface area (Å²) in [4.78, 5) is 10.3. The Morgan fingerprint density at radius 2 is 1.95 bits per heavy atom. The van der Waals surface area contributed by atoms with E-state index in [1.165, 1.54) is 4.88 Å². The summed E-state index contributed by atoms with van der Waals surface area (Å²) in [5.41, 5.74) is 1.08. The van der Waals surface area contributed by atoms with Gasteiger partial charge in [0, 0.05) is 4.88 Å². The molecule has 0 aliphatic heterocycles. The summed E-state index contributed by atoms with van der Waals surface area (Å²) in [5, 5.41) is 0.680. The molecule has 0 spiro atoms. The Morgan fingerprint density at radius 1 is 1.20 bits per heavy atom. The molecule has 0 unspecified atom stereocenters. The highest BCUT2D eigenvalue weighted by Gasteiger charge is 2.30. The first-order valence-electron chi connectivity index (χ1n) is 6.42. The minimum Gasteiger partial charge on any atom is -0.467 e. The summed E-state index contributed by atoms with van der Waals surface area (Å²) < 4.78 is 41.9. The second-order valence-corrected chi connectivity index (χ2v) is 5.95. The minimum atomic E-state index is -4.36. The maximum Gasteiger partial charge on any atom is 0.422 e. The molecule has 0 saturated carbocycles. The molecule has 0 amide bonds. The number of aromatic nitrogens is 2. The third-order valence-electron chi connectivity index (χ3n) is 3.27. The number of nitrogens with zero attached hydrogens (tertiary/aromatic N) is 2. The second kappa shape index (κ2) is 4.87. The quantitative estimate of drug-likeness (QED) is 0.846. The number of aryl methyl sites for hydroxylation is 3. The van der Waals surface area contributed by atoms with Crippen LogP contribution in [0.4, 0.5) is 13.2 Å². The van der Waals surface area contributed by atoms with Crippen LogP contribution in [-0.2, 0) is 12.8 Å². The van der Waals surface area contributed by atoms with Crippen molar-refractivity contribution in [2.75, 3.05) is 6.61 Å². The first-order chi connectivity index (χ1) is 9.44. The second-order valence-electron chi connectivity index (χ2n) is 4.87. The van der Waals surface area contributed by atoms with Gasteiger partial charge in [0.15, 0.2) is 6.61 Å². The molecule has 1 aliphatic carbocycles. The largest absolute Gasteiger partial charge is 0.467 e. The lowest BCUT2D eigenvalue weighted by Crippen LogP contribution is -2.20. The van der Waals surface area contributed by atoms with Gasteiger partial charge >= 0.3 is 6.18 Å². The average Bonchev–Trinajstić information content (AvgIpc) is 2.72. The first kappa shape index (κ1) is 13.6. The molecule has 2 aromatic rings. The van der Waals surface area contributed by atoms with Gasteiger partial charge in [0.2, 0.25) is 5.88 Å². The van der Waals surface area contributed by atoms with Crippen molar-refractivity contribution < 1.29 is 17.9 Å². The van der Waals surface area contributed by atoms with Crippen LogP contribution in [0, 0.1) is 6.92 Å². The van der Waals surface area contributed by atoms with Crippen molar-refractivity contribution in [2.45, 2.75) is 38.8 Å². The fraction of sp³-hybridized carbons (Fsp3) is 0.538. The number of hydrogen-bond acceptors (Lipinski definition) is 4. The number of halogens is 3. The van der Waals surface area contributed by atoms with Gasteiger partial charge in [-0.2, -0.15) is 18.2 Å². The van der Waals surface area contributed by atoms with Crippen LogP contribution < -0.4 is 4.74 Å². The molecule has 2 heterocycles. The fourth-order valence-electron chi connectivity index (χ4n) is 2.48. The van der Waals surface area contributed by atoms with Gasteiger partial charge < -0.3 is 4.74 Å². The summed E-state index contributed by atoms with van der Waals surface area (Å²) in [6.07, 6.45) is -0.365. The highest BCUT2D eigenvalue weighted by molar-refractivity contribution is 7.18. The molecule has 7 heteroatoms. The Hall–Kier alpha value is -1.37. The van der Waals surface area contributed by atoms with Crippen LogP contribution in [-0.4, -0.2) is 22.8 Å². The number of fused-ring (bicyclic) bond motifs is 3. The highest BCUT2D eigenvalue weighted by atomic mass is 32.1. The molecule has 3 rings (SSSR count). The van der Waals surface area contributed by atoms with Gasteiger partial charge in [-0.3, -0.25) is 0 Å². The van der Waals surface area contributed by atoms with Crippen molar-refractivity contribution in [1.29, 1.82) is 0 Å². The van der Waals surface area contributed by atoms with Gasteiger partial charge in [-0.15, -0.1) is 11.3 Å². The molecule has 0 N–H and O–H groups in total. The molecule has 0 aromatic carbocycles. The van der Waals surface area contributed by atoms with Crippen molar-refractivity contribution in [1.82, 2.24) is 9.97 Å². The Balaban J connectivity index is 2.07. The number of alkyl halides is 3. The molecule has 0 saturated heterocycles. The molecular formula is C13H13F3N2OS. The van der Waals surface area contributed by atoms with Gasteiger partial charge in [0.05, 0.1) is 5.39 Å². The molecule has 0 bridgehead atoms. The van der Waals surface area contributed by atoms with Crippen molar-refractivity contribution in [3.63, 3.8) is 0 Å². The smallest absolute Gasteiger partial charge is 0.422 e. The summed E-state index contributed by atoms with van der Waals surface area (Å²) >= 11 is 1.55. The maximum absolute atomic E-state index is 12.3. The van der Waals surface area contributed by atoms with E-state index in [4.69, 9.17) is 4.74 Å². The third-order valence-corrected chi connectivity index (χ3v) is 4.45. The normalized spacial score (nSPS) is 15.4. The lowest BCUT2D eigenvalue weighted by atomic mass is 9.97. The van der Waals surface area contributed by atoms with E-state index < -0.39 is 12.8 Å². The molecule has 1 aliphatic rings. The van der Waals surface area contributed by atoms with Crippen molar-refractivity contribution in [3.05, 3.63) is 16.3 Å². The number of rotatable bonds is 2. The van der Waals surface area contributed by atoms with Crippen molar-refractivity contribution in [3.8, 4) is 5.88 Å². The molecule has 0 atom stereocenters. The summed E-state index contributed by atoms with van der Waals surface area (Å²) in [5.74, 6) is 0.512. The van der Waals surface area contributed by atoms with Crippen LogP contribution >= 0.6 is 11.3 Å². The van der Waals surface area contributed by atoms with E-state index in [1.807, 2.05) is 0 Å². The van der Waals surface area contributed by atoms with E-state index in [0.717, 1.165) is 36.1 Å². The van der Waals surface area contributed by atoms with Gasteiger partial charge in [0.25, 0.3) is 0 Å². The Kier molecular flexibility index (Phi) is 3.32. The van der Waals surface area contributed by atoms with E-state index >= 15 is 0 Å². The monoisotopic (exact) mass is 302 g/mol. The fourth-order valence-corrected chi connectivity index (χ4v) is 3.78. The standard InChI is InChI=1S/C13H13F3N2OS/c1-7-17-11(19-6-13(14,15)16)10-8-4-2-3-5-9(8)20-12(10)18-7/h2-6H2,1H3. The zero-order valence-corrected chi connectivity index (χ0v) is 11.7. The molecule has 2 aromatic heterocycles. The number of hydrogen-bond donors (Lipinski definition) is 0. The van der Waals surface area contributed by atoms with Crippen molar-refractivity contribution >= 4 is 21.6 Å². The van der Waals surface area contributed by atoms with E-state index in [1.54, 1.807) is 18.3 Å². The number of thiophene rings is 1.